The molecule has 0 bridgehead atoms. The van der Waals surface area contributed by atoms with Gasteiger partial charge in [-0.25, -0.2) is 4.98 Å². The average Bonchev–Trinajstić information content (AvgIpc) is 3.85. The number of aromatic nitrogens is 1. The molecular weight excluding hydrogens is 656 g/mol. The molecule has 4 aliphatic rings. The van der Waals surface area contributed by atoms with Crippen molar-refractivity contribution < 1.29 is 19.7 Å². The second-order valence-electron chi connectivity index (χ2n) is 13.8. The highest BCUT2D eigenvalue weighted by atomic mass is 35.5. The van der Waals surface area contributed by atoms with E-state index in [-0.39, 0.29) is 24.7 Å². The third-order valence-corrected chi connectivity index (χ3v) is 12.8. The standard InChI is InChI=1S/C39H41ClN4O4S/c1-38(40)33(27-6-3-2-4-7-27)8-5-16-39(38,49-36-20-26(13-17-42-36)22-43-18-15-29(45)24-43)25-48-35-12-10-31-30(32(35)21-41)9-11-34(31)44-19-14-28(23-44)37(46)47/h2-8,10,12-13,16-17,20,28-29,34,45H,9,11,14-15,18-19,22-25H2,1H3,(H,46,47)/t28-,29-,34-,38?,39?/m1/s1. The molecule has 0 radical (unpaired) electrons. The molecule has 2 aromatic carbocycles. The summed E-state index contributed by atoms with van der Waals surface area (Å²) in [4.78, 5) is 20.0. The lowest BCUT2D eigenvalue weighted by molar-refractivity contribution is -0.141. The van der Waals surface area contributed by atoms with Crippen LogP contribution < -0.4 is 4.74 Å². The third-order valence-electron chi connectivity index (χ3n) is 10.7. The number of carboxylic acid groups (broad SMARTS) is 1. The number of hydrogen-bond acceptors (Lipinski definition) is 8. The Bertz CT molecular complexity index is 1830. The number of pyridine rings is 1. The summed E-state index contributed by atoms with van der Waals surface area (Å²) in [6, 6.07) is 20.8. The van der Waals surface area contributed by atoms with Gasteiger partial charge in [-0.1, -0.05) is 66.4 Å². The zero-order valence-corrected chi connectivity index (χ0v) is 29.2. The minimum absolute atomic E-state index is 0.107. The van der Waals surface area contributed by atoms with Crippen molar-refractivity contribution in [2.75, 3.05) is 32.8 Å². The molecule has 3 heterocycles. The minimum Gasteiger partial charge on any atom is -0.490 e. The molecule has 0 saturated carbocycles. The number of nitrogens with zero attached hydrogens (tertiary/aromatic N) is 4. The van der Waals surface area contributed by atoms with E-state index in [0.717, 1.165) is 71.7 Å². The van der Waals surface area contributed by atoms with Crippen molar-refractivity contribution in [3.63, 3.8) is 0 Å². The molecule has 2 aliphatic heterocycles. The number of allylic oxidation sites excluding steroid dienone is 3. The zero-order valence-electron chi connectivity index (χ0n) is 27.6. The van der Waals surface area contributed by atoms with Crippen LogP contribution in [0.1, 0.15) is 60.0 Å². The molecule has 8 nitrogen and oxygen atoms in total. The highest BCUT2D eigenvalue weighted by Crippen LogP contribution is 2.54. The Kier molecular flexibility index (Phi) is 9.62. The number of nitriles is 1. The Morgan fingerprint density at radius 3 is 2.71 bits per heavy atom. The van der Waals surface area contributed by atoms with E-state index in [4.69, 9.17) is 21.3 Å². The first-order chi connectivity index (χ1) is 23.7. The monoisotopic (exact) mass is 696 g/mol. The first kappa shape index (κ1) is 33.8. The van der Waals surface area contributed by atoms with Gasteiger partial charge in [-0.15, -0.1) is 11.6 Å². The predicted octanol–water partition coefficient (Wildman–Crippen LogP) is 6.47. The van der Waals surface area contributed by atoms with Crippen LogP contribution in [0.25, 0.3) is 5.57 Å². The van der Waals surface area contributed by atoms with E-state index in [1.165, 1.54) is 0 Å². The summed E-state index contributed by atoms with van der Waals surface area (Å²) >= 11 is 9.27. The number of aliphatic hydroxyl groups is 1. The number of aliphatic carboxylic acids is 1. The number of halogens is 1. The van der Waals surface area contributed by atoms with Gasteiger partial charge in [-0.2, -0.15) is 5.26 Å². The summed E-state index contributed by atoms with van der Waals surface area (Å²) in [6.45, 7) is 5.75. The highest BCUT2D eigenvalue weighted by molar-refractivity contribution is 8.01. The van der Waals surface area contributed by atoms with Crippen LogP contribution in [0.4, 0.5) is 0 Å². The quantitative estimate of drug-likeness (QED) is 0.231. The molecule has 5 atom stereocenters. The van der Waals surface area contributed by atoms with Crippen LogP contribution in [-0.4, -0.2) is 79.5 Å². The van der Waals surface area contributed by atoms with E-state index >= 15 is 0 Å². The van der Waals surface area contributed by atoms with Gasteiger partial charge in [0.15, 0.2) is 0 Å². The first-order valence-corrected chi connectivity index (χ1v) is 18.2. The van der Waals surface area contributed by atoms with E-state index in [2.05, 4.69) is 52.3 Å². The number of rotatable bonds is 10. The van der Waals surface area contributed by atoms with Gasteiger partial charge < -0.3 is 14.9 Å². The van der Waals surface area contributed by atoms with Gasteiger partial charge in [-0.3, -0.25) is 14.6 Å². The van der Waals surface area contributed by atoms with Crippen LogP contribution >= 0.6 is 23.4 Å². The molecule has 3 aromatic rings. The molecule has 2 unspecified atom stereocenters. The topological polar surface area (TPSA) is 110 Å². The highest BCUT2D eigenvalue weighted by Gasteiger charge is 2.51. The summed E-state index contributed by atoms with van der Waals surface area (Å²) < 4.78 is 5.88. The average molecular weight is 697 g/mol. The number of benzene rings is 2. The molecule has 2 aliphatic carbocycles. The zero-order chi connectivity index (χ0) is 34.2. The van der Waals surface area contributed by atoms with E-state index < -0.39 is 15.6 Å². The van der Waals surface area contributed by atoms with Crippen molar-refractivity contribution in [2.45, 2.75) is 65.9 Å². The Morgan fingerprint density at radius 2 is 1.98 bits per heavy atom. The Balaban J connectivity index is 1.18. The fourth-order valence-corrected chi connectivity index (χ4v) is 9.58. The van der Waals surface area contributed by atoms with Crippen LogP contribution in [0.3, 0.4) is 0 Å². The summed E-state index contributed by atoms with van der Waals surface area (Å²) in [5.41, 5.74) is 5.74. The summed E-state index contributed by atoms with van der Waals surface area (Å²) in [5, 5.41) is 30.8. The van der Waals surface area contributed by atoms with Crippen molar-refractivity contribution in [3.05, 3.63) is 107 Å². The predicted molar refractivity (Wildman–Crippen MR) is 192 cm³/mol. The van der Waals surface area contributed by atoms with Crippen molar-refractivity contribution in [3.8, 4) is 11.8 Å². The van der Waals surface area contributed by atoms with Crippen LogP contribution in [0.5, 0.6) is 5.75 Å². The summed E-state index contributed by atoms with van der Waals surface area (Å²) in [6.07, 6.45) is 10.8. The van der Waals surface area contributed by atoms with Gasteiger partial charge in [0.2, 0.25) is 0 Å². The maximum Gasteiger partial charge on any atom is 0.307 e. The first-order valence-electron chi connectivity index (χ1n) is 17.0. The Morgan fingerprint density at radius 1 is 1.14 bits per heavy atom. The lowest BCUT2D eigenvalue weighted by atomic mass is 9.79. The Labute approximate surface area is 297 Å². The summed E-state index contributed by atoms with van der Waals surface area (Å²) in [5.74, 6) is -0.560. The second kappa shape index (κ2) is 13.9. The number of β-amino-alcohol motifs (C(OH)–C–C–N with tert-alkyl or cyclic N) is 1. The number of carboxylic acids is 1. The van der Waals surface area contributed by atoms with E-state index in [9.17, 15) is 20.3 Å². The normalized spacial score (nSPS) is 28.3. The second-order valence-corrected chi connectivity index (χ2v) is 15.9. The fraction of sp³-hybridized carbons (Fsp3) is 0.410. The number of thioether (sulfide) groups is 1. The molecule has 1 aromatic heterocycles. The van der Waals surface area contributed by atoms with Crippen LogP contribution in [0.2, 0.25) is 0 Å². The minimum atomic E-state index is -0.921. The number of likely N-dealkylation sites (tertiary alicyclic amines) is 2. The molecule has 2 N–H and O–H groups in total. The summed E-state index contributed by atoms with van der Waals surface area (Å²) in [7, 11) is 0. The molecule has 2 fully saturated rings. The van der Waals surface area contributed by atoms with Crippen molar-refractivity contribution in [2.24, 2.45) is 5.92 Å². The maximum atomic E-state index is 11.6. The lowest BCUT2D eigenvalue weighted by Gasteiger charge is -2.45. The maximum absolute atomic E-state index is 11.6. The van der Waals surface area contributed by atoms with Gasteiger partial charge in [-0.05, 0) is 85.2 Å². The van der Waals surface area contributed by atoms with Crippen LogP contribution in [0.15, 0.2) is 84.0 Å². The smallest absolute Gasteiger partial charge is 0.307 e. The van der Waals surface area contributed by atoms with Gasteiger partial charge >= 0.3 is 5.97 Å². The van der Waals surface area contributed by atoms with E-state index in [1.54, 1.807) is 11.8 Å². The van der Waals surface area contributed by atoms with Crippen molar-refractivity contribution in [1.29, 1.82) is 5.26 Å². The largest absolute Gasteiger partial charge is 0.490 e. The lowest BCUT2D eigenvalue weighted by Crippen LogP contribution is -2.50. The van der Waals surface area contributed by atoms with Gasteiger partial charge in [0, 0.05) is 38.4 Å². The number of hydrogen-bond donors (Lipinski definition) is 2. The van der Waals surface area contributed by atoms with Crippen molar-refractivity contribution >= 4 is 34.9 Å². The Hall–Kier alpha value is -3.65. The molecule has 2 saturated heterocycles. The number of alkyl halides is 1. The third kappa shape index (κ3) is 6.65. The molecule has 7 rings (SSSR count). The molecule has 0 amide bonds. The van der Waals surface area contributed by atoms with Crippen molar-refractivity contribution in [1.82, 2.24) is 14.8 Å². The molecular formula is C39H41ClN4O4S. The number of carbonyl (C=O) groups is 1. The van der Waals surface area contributed by atoms with Crippen LogP contribution in [0, 0.1) is 17.2 Å². The van der Waals surface area contributed by atoms with E-state index in [1.807, 2.05) is 49.5 Å². The molecule has 10 heteroatoms. The number of ether oxygens (including phenoxy) is 1. The van der Waals surface area contributed by atoms with Gasteiger partial charge in [0.05, 0.1) is 32.2 Å². The van der Waals surface area contributed by atoms with Crippen LogP contribution in [-0.2, 0) is 17.8 Å². The van der Waals surface area contributed by atoms with Gasteiger partial charge in [0.25, 0.3) is 0 Å². The number of fused-ring (bicyclic) bond motifs is 1. The van der Waals surface area contributed by atoms with E-state index in [0.29, 0.717) is 30.8 Å². The number of aliphatic hydroxyl groups excluding tert-OH is 1. The molecule has 0 spiro atoms. The fourth-order valence-electron chi connectivity index (χ4n) is 7.91. The SMILES string of the molecule is CC1(Cl)C(c2ccccc2)=CC=CC1(COc1ccc2c(c1C#N)CC[C@H]2N1CC[C@@H](C(=O)O)C1)Sc1cc(CN2CC[C@@H](O)C2)ccn1. The molecule has 49 heavy (non-hydrogen) atoms. The molecule has 254 valence electrons. The van der Waals surface area contributed by atoms with Gasteiger partial charge in [0.1, 0.15) is 18.4 Å².